The van der Waals surface area contributed by atoms with Crippen molar-refractivity contribution in [2.24, 2.45) is 17.3 Å². The number of imidazole rings is 1. The summed E-state index contributed by atoms with van der Waals surface area (Å²) in [6, 6.07) is 6.69. The summed E-state index contributed by atoms with van der Waals surface area (Å²) in [4.78, 5) is 50.7. The zero-order valence-electron chi connectivity index (χ0n) is 25.0. The number of nitrogens with zero attached hydrogens (tertiary/aromatic N) is 5. The molecular formula is C30H45N5O5. The molecule has 220 valence electrons. The largest absolute Gasteiger partial charge is 0.465 e. The summed E-state index contributed by atoms with van der Waals surface area (Å²) in [7, 11) is 0. The van der Waals surface area contributed by atoms with E-state index in [4.69, 9.17) is 9.72 Å². The number of rotatable bonds is 6. The van der Waals surface area contributed by atoms with E-state index in [1.54, 1.807) is 4.90 Å². The Morgan fingerprint density at radius 1 is 1.10 bits per heavy atom. The molecule has 0 aliphatic carbocycles. The van der Waals surface area contributed by atoms with Gasteiger partial charge in [0.25, 0.3) is 5.91 Å². The van der Waals surface area contributed by atoms with Crippen LogP contribution in [0.5, 0.6) is 0 Å². The highest BCUT2D eigenvalue weighted by molar-refractivity contribution is 5.95. The lowest BCUT2D eigenvalue weighted by molar-refractivity contribution is -0.144. The number of carbonyl (C=O) groups is 3. The smallest absolute Gasteiger partial charge is 0.407 e. The topological polar surface area (TPSA) is 108 Å². The van der Waals surface area contributed by atoms with Crippen LogP contribution in [0.2, 0.25) is 0 Å². The first-order valence-corrected chi connectivity index (χ1v) is 14.4. The van der Waals surface area contributed by atoms with E-state index >= 15 is 0 Å². The van der Waals surface area contributed by atoms with E-state index in [1.165, 1.54) is 4.90 Å². The van der Waals surface area contributed by atoms with Gasteiger partial charge in [-0.1, -0.05) is 46.8 Å². The molecule has 0 spiro atoms. The maximum atomic E-state index is 14.6. The van der Waals surface area contributed by atoms with Crippen molar-refractivity contribution in [3.63, 3.8) is 0 Å². The lowest BCUT2D eigenvalue weighted by atomic mass is 9.74. The molecule has 40 heavy (non-hydrogen) atoms. The monoisotopic (exact) mass is 555 g/mol. The van der Waals surface area contributed by atoms with Gasteiger partial charge in [-0.2, -0.15) is 0 Å². The van der Waals surface area contributed by atoms with Crippen LogP contribution in [0.15, 0.2) is 24.3 Å². The summed E-state index contributed by atoms with van der Waals surface area (Å²) in [6.45, 7) is 16.6. The van der Waals surface area contributed by atoms with Crippen LogP contribution in [0.1, 0.15) is 71.5 Å². The first-order chi connectivity index (χ1) is 18.8. The Kier molecular flexibility index (Phi) is 8.77. The second-order valence-electron chi connectivity index (χ2n) is 12.9. The summed E-state index contributed by atoms with van der Waals surface area (Å²) in [5.41, 5.74) is 1.14. The first kappa shape index (κ1) is 29.8. The molecule has 1 aromatic carbocycles. The minimum absolute atomic E-state index is 0.0109. The Morgan fingerprint density at radius 2 is 1.75 bits per heavy atom. The van der Waals surface area contributed by atoms with Crippen LogP contribution in [-0.4, -0.2) is 98.7 Å². The summed E-state index contributed by atoms with van der Waals surface area (Å²) in [5, 5.41) is 10.4. The number of piperidine rings is 1. The molecule has 1 N–H and O–H groups in total. The fourth-order valence-electron chi connectivity index (χ4n) is 6.42. The molecular weight excluding hydrogens is 510 g/mol. The van der Waals surface area contributed by atoms with Crippen LogP contribution in [0.4, 0.5) is 4.79 Å². The summed E-state index contributed by atoms with van der Waals surface area (Å²) in [5.74, 6) is -0.395. The average molecular weight is 556 g/mol. The highest BCUT2D eigenvalue weighted by Gasteiger charge is 2.50. The molecule has 2 aliphatic heterocycles. The second-order valence-corrected chi connectivity index (χ2v) is 12.9. The third-order valence-corrected chi connectivity index (χ3v) is 7.97. The van der Waals surface area contributed by atoms with Gasteiger partial charge in [0.15, 0.2) is 5.82 Å². The molecule has 2 aliphatic rings. The molecule has 3 amide bonds. The SMILES string of the molecule is CC(C)CN(C(=O)c1nc2ccccc2n1C(C)C)[C@H]1C[C@@H](C(=O)N2CCOCC2)CN(C(=O)O)C1C(C)(C)C. The fourth-order valence-corrected chi connectivity index (χ4v) is 6.42. The molecule has 4 rings (SSSR count). The fraction of sp³-hybridized carbons (Fsp3) is 0.667. The van der Waals surface area contributed by atoms with Crippen LogP contribution in [0, 0.1) is 17.3 Å². The Hall–Kier alpha value is -3.14. The van der Waals surface area contributed by atoms with Crippen molar-refractivity contribution in [1.29, 1.82) is 0 Å². The zero-order valence-corrected chi connectivity index (χ0v) is 25.0. The lowest BCUT2D eigenvalue weighted by Crippen LogP contribution is -2.66. The van der Waals surface area contributed by atoms with Crippen molar-refractivity contribution < 1.29 is 24.2 Å². The van der Waals surface area contributed by atoms with E-state index in [-0.39, 0.29) is 30.3 Å². The van der Waals surface area contributed by atoms with Gasteiger partial charge < -0.3 is 29.1 Å². The Labute approximate surface area is 237 Å². The van der Waals surface area contributed by atoms with Crippen molar-refractivity contribution in [1.82, 2.24) is 24.3 Å². The zero-order chi connectivity index (χ0) is 29.4. The minimum Gasteiger partial charge on any atom is -0.465 e. The van der Waals surface area contributed by atoms with E-state index in [2.05, 4.69) is 0 Å². The third kappa shape index (κ3) is 5.96. The predicted octanol–water partition coefficient (Wildman–Crippen LogP) is 4.36. The van der Waals surface area contributed by atoms with Crippen molar-refractivity contribution in [3.8, 4) is 0 Å². The molecule has 1 aromatic heterocycles. The second kappa shape index (κ2) is 11.8. The van der Waals surface area contributed by atoms with Gasteiger partial charge in [0.05, 0.1) is 42.2 Å². The molecule has 0 saturated carbocycles. The van der Waals surface area contributed by atoms with Gasteiger partial charge in [-0.3, -0.25) is 9.59 Å². The molecule has 10 heteroatoms. The molecule has 10 nitrogen and oxygen atoms in total. The van der Waals surface area contributed by atoms with E-state index < -0.39 is 29.5 Å². The number of amides is 3. The third-order valence-electron chi connectivity index (χ3n) is 7.97. The molecule has 3 heterocycles. The molecule has 1 unspecified atom stereocenters. The number of morpholine rings is 1. The van der Waals surface area contributed by atoms with Crippen LogP contribution >= 0.6 is 0 Å². The number of carbonyl (C=O) groups excluding carboxylic acids is 2. The number of fused-ring (bicyclic) bond motifs is 1. The number of ether oxygens (including phenoxy) is 1. The number of benzene rings is 1. The number of likely N-dealkylation sites (tertiary alicyclic amines) is 1. The van der Waals surface area contributed by atoms with Crippen molar-refractivity contribution in [2.75, 3.05) is 39.4 Å². The molecule has 2 aromatic rings. The van der Waals surface area contributed by atoms with E-state index in [0.29, 0.717) is 45.1 Å². The van der Waals surface area contributed by atoms with Gasteiger partial charge in [0.2, 0.25) is 5.91 Å². The molecule has 2 saturated heterocycles. The molecule has 3 atom stereocenters. The average Bonchev–Trinajstić information content (AvgIpc) is 3.30. The van der Waals surface area contributed by atoms with Gasteiger partial charge in [0, 0.05) is 32.2 Å². The van der Waals surface area contributed by atoms with Crippen molar-refractivity contribution >= 4 is 28.9 Å². The first-order valence-electron chi connectivity index (χ1n) is 14.4. The maximum absolute atomic E-state index is 14.6. The van der Waals surface area contributed by atoms with E-state index in [0.717, 1.165) is 11.0 Å². The van der Waals surface area contributed by atoms with Crippen LogP contribution < -0.4 is 0 Å². The van der Waals surface area contributed by atoms with E-state index in [1.807, 2.05) is 82.2 Å². The van der Waals surface area contributed by atoms with Gasteiger partial charge >= 0.3 is 6.09 Å². The Bertz CT molecular complexity index is 1230. The standard InChI is InChI=1S/C30H45N5O5/c1-19(2)17-33(28(37)26-31-22-10-8-9-11-23(22)35(26)20(3)4)24-16-21(27(36)32-12-14-40-15-13-32)18-34(29(38)39)25(24)30(5,6)7/h8-11,19-21,24-25H,12-18H2,1-7H3,(H,38,39)/t21-,24+,25?/m1/s1. The van der Waals surface area contributed by atoms with Gasteiger partial charge in [-0.05, 0) is 43.7 Å². The Balaban J connectivity index is 1.82. The van der Waals surface area contributed by atoms with Gasteiger partial charge in [0.1, 0.15) is 0 Å². The number of hydrogen-bond acceptors (Lipinski definition) is 5. The van der Waals surface area contributed by atoms with Crippen LogP contribution in [0.25, 0.3) is 11.0 Å². The molecule has 2 fully saturated rings. The number of hydrogen-bond donors (Lipinski definition) is 1. The molecule has 0 radical (unpaired) electrons. The van der Waals surface area contributed by atoms with Crippen molar-refractivity contribution in [2.45, 2.75) is 73.0 Å². The van der Waals surface area contributed by atoms with Crippen LogP contribution in [-0.2, 0) is 9.53 Å². The Morgan fingerprint density at radius 3 is 2.33 bits per heavy atom. The normalized spacial score (nSPS) is 22.3. The summed E-state index contributed by atoms with van der Waals surface area (Å²) < 4.78 is 7.40. The summed E-state index contributed by atoms with van der Waals surface area (Å²) >= 11 is 0. The highest BCUT2D eigenvalue weighted by atomic mass is 16.5. The predicted molar refractivity (Wildman–Crippen MR) is 153 cm³/mol. The maximum Gasteiger partial charge on any atom is 0.407 e. The highest BCUT2D eigenvalue weighted by Crippen LogP contribution is 2.38. The van der Waals surface area contributed by atoms with Crippen LogP contribution in [0.3, 0.4) is 0 Å². The van der Waals surface area contributed by atoms with E-state index in [9.17, 15) is 19.5 Å². The summed E-state index contributed by atoms with van der Waals surface area (Å²) in [6.07, 6.45) is -0.682. The number of para-hydroxylation sites is 2. The number of aromatic nitrogens is 2. The molecule has 0 bridgehead atoms. The van der Waals surface area contributed by atoms with Crippen molar-refractivity contribution in [3.05, 3.63) is 30.1 Å². The lowest BCUT2D eigenvalue weighted by Gasteiger charge is -2.52. The quantitative estimate of drug-likeness (QED) is 0.568. The van der Waals surface area contributed by atoms with Gasteiger partial charge in [-0.15, -0.1) is 0 Å². The number of carboxylic acid groups (broad SMARTS) is 1. The minimum atomic E-state index is -1.07. The van der Waals surface area contributed by atoms with Gasteiger partial charge in [-0.25, -0.2) is 9.78 Å².